The van der Waals surface area contributed by atoms with Crippen LogP contribution in [0.4, 0.5) is 5.00 Å². The molecule has 0 bridgehead atoms. The van der Waals surface area contributed by atoms with E-state index in [2.05, 4.69) is 5.32 Å². The van der Waals surface area contributed by atoms with E-state index in [-0.39, 0.29) is 44.2 Å². The molecular weight excluding hydrogens is 674 g/mol. The number of esters is 2. The molecule has 0 spiro atoms. The van der Waals surface area contributed by atoms with Gasteiger partial charge in [0.05, 0.1) is 43.4 Å². The Morgan fingerprint density at radius 2 is 1.52 bits per heavy atom. The third kappa shape index (κ3) is 6.06. The molecular formula is C30H24Cl4N2O7S. The minimum absolute atomic E-state index is 0.131. The van der Waals surface area contributed by atoms with Crippen molar-refractivity contribution in [1.29, 1.82) is 0 Å². The number of amides is 3. The van der Waals surface area contributed by atoms with Crippen molar-refractivity contribution in [1.82, 2.24) is 4.90 Å². The van der Waals surface area contributed by atoms with Crippen LogP contribution >= 0.6 is 57.7 Å². The maximum Gasteiger partial charge on any atom is 0.341 e. The predicted octanol–water partition coefficient (Wildman–Crippen LogP) is 6.81. The van der Waals surface area contributed by atoms with Crippen LogP contribution in [0.25, 0.3) is 0 Å². The smallest absolute Gasteiger partial charge is 0.341 e. The van der Waals surface area contributed by atoms with Crippen molar-refractivity contribution in [2.24, 2.45) is 0 Å². The standard InChI is InChI=1S/C30H24Cl4N2O7S/c1-2-42-30(41)19-15-10-6-7-11-17(15)44-26(19)35-18(37)13-43-29(40)16(12-14-8-4-3-5-9-14)36-27(38)20-21(28(36)39)23(32)25(34)24(33)22(20)31/h3-5,8-9,16H,2,6-7,10-13H2,1H3,(H,35,37)/t16-/m0/s1. The summed E-state index contributed by atoms with van der Waals surface area (Å²) in [7, 11) is 0. The molecule has 2 aliphatic rings. The van der Waals surface area contributed by atoms with Crippen LogP contribution in [0.15, 0.2) is 30.3 Å². The summed E-state index contributed by atoms with van der Waals surface area (Å²) in [5.74, 6) is -4.11. The zero-order chi connectivity index (χ0) is 31.7. The Hall–Kier alpha value is -3.15. The van der Waals surface area contributed by atoms with Gasteiger partial charge in [0.25, 0.3) is 17.7 Å². The number of rotatable bonds is 9. The molecule has 2 heterocycles. The number of hydrogen-bond acceptors (Lipinski definition) is 8. The van der Waals surface area contributed by atoms with Gasteiger partial charge in [0.2, 0.25) is 0 Å². The summed E-state index contributed by atoms with van der Waals surface area (Å²) in [6.07, 6.45) is 3.22. The van der Waals surface area contributed by atoms with Gasteiger partial charge >= 0.3 is 11.9 Å². The summed E-state index contributed by atoms with van der Waals surface area (Å²) in [6, 6.07) is 7.12. The number of ether oxygens (including phenoxy) is 2. The van der Waals surface area contributed by atoms with E-state index in [9.17, 15) is 24.0 Å². The van der Waals surface area contributed by atoms with Gasteiger partial charge in [-0.05, 0) is 43.7 Å². The second kappa shape index (κ2) is 13.5. The van der Waals surface area contributed by atoms with Crippen molar-refractivity contribution in [2.75, 3.05) is 18.5 Å². The van der Waals surface area contributed by atoms with E-state index in [1.165, 1.54) is 11.3 Å². The van der Waals surface area contributed by atoms with Crippen LogP contribution in [0.2, 0.25) is 20.1 Å². The van der Waals surface area contributed by atoms with Crippen LogP contribution in [0.5, 0.6) is 0 Å². The third-order valence-corrected chi connectivity index (χ3v) is 10.2. The number of benzene rings is 2. The molecule has 230 valence electrons. The molecule has 3 amide bonds. The van der Waals surface area contributed by atoms with E-state index >= 15 is 0 Å². The SMILES string of the molecule is CCOC(=O)c1c(NC(=O)COC(=O)[C@H](Cc2ccccc2)N2C(=O)c3c(Cl)c(Cl)c(Cl)c(Cl)c3C2=O)sc2c1CCCC2. The maximum atomic E-state index is 13.5. The minimum atomic E-state index is -1.49. The highest BCUT2D eigenvalue weighted by molar-refractivity contribution is 7.17. The van der Waals surface area contributed by atoms with Gasteiger partial charge in [-0.2, -0.15) is 0 Å². The van der Waals surface area contributed by atoms with Gasteiger partial charge in [-0.1, -0.05) is 76.7 Å². The Morgan fingerprint density at radius 1 is 0.909 bits per heavy atom. The quantitative estimate of drug-likeness (QED) is 0.113. The van der Waals surface area contributed by atoms with E-state index in [4.69, 9.17) is 55.9 Å². The summed E-state index contributed by atoms with van der Waals surface area (Å²) in [6.45, 7) is 1.11. The van der Waals surface area contributed by atoms with Gasteiger partial charge in [0, 0.05) is 11.3 Å². The Bertz CT molecular complexity index is 1650. The first-order valence-corrected chi connectivity index (χ1v) is 15.9. The second-order valence-corrected chi connectivity index (χ2v) is 12.6. The number of aryl methyl sites for hydroxylation is 1. The molecule has 1 aliphatic carbocycles. The Kier molecular flexibility index (Phi) is 9.86. The fourth-order valence-electron chi connectivity index (χ4n) is 5.24. The number of nitrogens with zero attached hydrogens (tertiary/aromatic N) is 1. The lowest BCUT2D eigenvalue weighted by molar-refractivity contribution is -0.151. The average molecular weight is 698 g/mol. The largest absolute Gasteiger partial charge is 0.462 e. The molecule has 1 atom stereocenters. The van der Waals surface area contributed by atoms with E-state index in [0.717, 1.165) is 29.7 Å². The van der Waals surface area contributed by atoms with Crippen LogP contribution in [-0.2, 0) is 38.3 Å². The molecule has 0 saturated heterocycles. The predicted molar refractivity (Wildman–Crippen MR) is 167 cm³/mol. The number of nitrogens with one attached hydrogen (secondary N) is 1. The molecule has 0 saturated carbocycles. The normalized spacial score (nSPS) is 14.6. The third-order valence-electron chi connectivity index (χ3n) is 7.24. The maximum absolute atomic E-state index is 13.5. The summed E-state index contributed by atoms with van der Waals surface area (Å²) in [5, 5.41) is 2.00. The first kappa shape index (κ1) is 32.2. The number of anilines is 1. The lowest BCUT2D eigenvalue weighted by Crippen LogP contribution is -2.47. The number of imide groups is 1. The van der Waals surface area contributed by atoms with Gasteiger partial charge in [0.15, 0.2) is 6.61 Å². The Morgan fingerprint density at radius 3 is 2.14 bits per heavy atom. The number of fused-ring (bicyclic) bond motifs is 2. The van der Waals surface area contributed by atoms with Crippen LogP contribution in [0, 0.1) is 0 Å². The van der Waals surface area contributed by atoms with Crippen molar-refractivity contribution >= 4 is 92.4 Å². The summed E-state index contributed by atoms with van der Waals surface area (Å²) >= 11 is 26.1. The number of halogens is 4. The molecule has 3 aromatic rings. The van der Waals surface area contributed by atoms with Gasteiger partial charge in [-0.15, -0.1) is 11.3 Å². The van der Waals surface area contributed by atoms with Crippen LogP contribution in [-0.4, -0.2) is 53.8 Å². The lowest BCUT2D eigenvalue weighted by Gasteiger charge is -2.24. The molecule has 0 unspecified atom stereocenters. The first-order valence-electron chi connectivity index (χ1n) is 13.6. The van der Waals surface area contributed by atoms with Crippen LogP contribution < -0.4 is 5.32 Å². The van der Waals surface area contributed by atoms with Crippen molar-refractivity contribution in [3.8, 4) is 0 Å². The molecule has 1 aliphatic heterocycles. The molecule has 2 aromatic carbocycles. The van der Waals surface area contributed by atoms with Gasteiger partial charge < -0.3 is 14.8 Å². The molecule has 1 N–H and O–H groups in total. The van der Waals surface area contributed by atoms with Crippen molar-refractivity contribution in [2.45, 2.75) is 45.1 Å². The molecule has 0 radical (unpaired) electrons. The zero-order valence-electron chi connectivity index (χ0n) is 23.1. The Labute approximate surface area is 276 Å². The van der Waals surface area contributed by atoms with Gasteiger partial charge in [-0.25, -0.2) is 9.59 Å². The molecule has 44 heavy (non-hydrogen) atoms. The van der Waals surface area contributed by atoms with Gasteiger partial charge in [-0.3, -0.25) is 19.3 Å². The molecule has 14 heteroatoms. The van der Waals surface area contributed by atoms with E-state index in [1.54, 1.807) is 37.3 Å². The summed E-state index contributed by atoms with van der Waals surface area (Å²) < 4.78 is 10.6. The van der Waals surface area contributed by atoms with Crippen molar-refractivity contribution in [3.63, 3.8) is 0 Å². The highest BCUT2D eigenvalue weighted by Gasteiger charge is 2.47. The fourth-order valence-corrected chi connectivity index (χ4v) is 7.54. The van der Waals surface area contributed by atoms with E-state index in [0.29, 0.717) is 27.4 Å². The Balaban J connectivity index is 1.39. The first-order chi connectivity index (χ1) is 21.0. The minimum Gasteiger partial charge on any atom is -0.462 e. The average Bonchev–Trinajstić information content (AvgIpc) is 3.50. The van der Waals surface area contributed by atoms with Crippen molar-refractivity contribution < 1.29 is 33.4 Å². The number of carbonyl (C=O) groups excluding carboxylic acids is 5. The highest BCUT2D eigenvalue weighted by atomic mass is 35.5. The number of hydrogen-bond donors (Lipinski definition) is 1. The number of carbonyl (C=O) groups is 5. The lowest BCUT2D eigenvalue weighted by atomic mass is 9.95. The summed E-state index contributed by atoms with van der Waals surface area (Å²) in [5.41, 5.74) is 1.20. The van der Waals surface area contributed by atoms with Crippen molar-refractivity contribution in [3.05, 3.63) is 83.1 Å². The molecule has 5 rings (SSSR count). The van der Waals surface area contributed by atoms with Gasteiger partial charge in [0.1, 0.15) is 11.0 Å². The topological polar surface area (TPSA) is 119 Å². The highest BCUT2D eigenvalue weighted by Crippen LogP contribution is 2.45. The zero-order valence-corrected chi connectivity index (χ0v) is 27.0. The molecule has 1 aromatic heterocycles. The monoisotopic (exact) mass is 696 g/mol. The molecule has 9 nitrogen and oxygen atoms in total. The van der Waals surface area contributed by atoms with Crippen LogP contribution in [0.3, 0.4) is 0 Å². The van der Waals surface area contributed by atoms with E-state index in [1.807, 2.05) is 0 Å². The second-order valence-electron chi connectivity index (χ2n) is 9.98. The molecule has 0 fully saturated rings. The van der Waals surface area contributed by atoms with E-state index < -0.39 is 42.3 Å². The van der Waals surface area contributed by atoms with Crippen LogP contribution in [0.1, 0.15) is 66.8 Å². The number of thiophene rings is 1. The fraction of sp³-hybridized carbons (Fsp3) is 0.300. The summed E-state index contributed by atoms with van der Waals surface area (Å²) in [4.78, 5) is 68.0.